The number of hydrogen-bond acceptors (Lipinski definition) is 2. The SMILES string of the molecule is CC(C(=O)O)N(Cc1ccccc1)C(=O)C1CC1c1cccc(F)c1F. The molecule has 2 aromatic rings. The van der Waals surface area contributed by atoms with Crippen molar-refractivity contribution in [3.63, 3.8) is 0 Å². The molecule has 3 unspecified atom stereocenters. The van der Waals surface area contributed by atoms with Crippen LogP contribution in [0.15, 0.2) is 48.5 Å². The number of halogens is 2. The van der Waals surface area contributed by atoms with Crippen molar-refractivity contribution in [2.45, 2.75) is 31.8 Å². The molecule has 136 valence electrons. The molecule has 1 N–H and O–H groups in total. The molecule has 1 aliphatic carbocycles. The molecular formula is C20H19F2NO3. The van der Waals surface area contributed by atoms with Crippen LogP contribution in [0, 0.1) is 17.6 Å². The molecule has 0 bridgehead atoms. The van der Waals surface area contributed by atoms with Gasteiger partial charge in [-0.2, -0.15) is 0 Å². The minimum atomic E-state index is -1.11. The first-order valence-corrected chi connectivity index (χ1v) is 8.41. The van der Waals surface area contributed by atoms with Crippen molar-refractivity contribution < 1.29 is 23.5 Å². The summed E-state index contributed by atoms with van der Waals surface area (Å²) in [5.74, 6) is -4.29. The largest absolute Gasteiger partial charge is 0.480 e. The highest BCUT2D eigenvalue weighted by Crippen LogP contribution is 2.49. The molecule has 3 rings (SSSR count). The first-order chi connectivity index (χ1) is 12.4. The van der Waals surface area contributed by atoms with Gasteiger partial charge in [-0.25, -0.2) is 13.6 Å². The summed E-state index contributed by atoms with van der Waals surface area (Å²) in [6.45, 7) is 1.60. The van der Waals surface area contributed by atoms with Crippen molar-refractivity contribution >= 4 is 11.9 Å². The van der Waals surface area contributed by atoms with Gasteiger partial charge in [0.25, 0.3) is 0 Å². The first kappa shape index (κ1) is 18.0. The number of carboxylic acids is 1. The number of benzene rings is 2. The van der Waals surface area contributed by atoms with E-state index in [9.17, 15) is 23.5 Å². The zero-order chi connectivity index (χ0) is 18.8. The molecule has 0 spiro atoms. The molecule has 0 heterocycles. The molecular weight excluding hydrogens is 340 g/mol. The van der Waals surface area contributed by atoms with Crippen LogP contribution < -0.4 is 0 Å². The second-order valence-corrected chi connectivity index (χ2v) is 6.56. The van der Waals surface area contributed by atoms with E-state index in [1.807, 2.05) is 30.3 Å². The fraction of sp³-hybridized carbons (Fsp3) is 0.300. The fourth-order valence-electron chi connectivity index (χ4n) is 3.15. The summed E-state index contributed by atoms with van der Waals surface area (Å²) in [7, 11) is 0. The lowest BCUT2D eigenvalue weighted by Gasteiger charge is -2.27. The lowest BCUT2D eigenvalue weighted by Crippen LogP contribution is -2.43. The Kier molecular flexibility index (Phi) is 5.02. The normalized spacial score (nSPS) is 19.7. The Morgan fingerprint density at radius 2 is 1.85 bits per heavy atom. The van der Waals surface area contributed by atoms with Crippen LogP contribution in [0.2, 0.25) is 0 Å². The minimum absolute atomic E-state index is 0.155. The third-order valence-corrected chi connectivity index (χ3v) is 4.79. The van der Waals surface area contributed by atoms with Crippen molar-refractivity contribution in [1.82, 2.24) is 4.90 Å². The summed E-state index contributed by atoms with van der Waals surface area (Å²) in [5.41, 5.74) is 0.981. The van der Waals surface area contributed by atoms with Crippen LogP contribution in [0.4, 0.5) is 8.78 Å². The van der Waals surface area contributed by atoms with Gasteiger partial charge in [-0.15, -0.1) is 0 Å². The second-order valence-electron chi connectivity index (χ2n) is 6.56. The van der Waals surface area contributed by atoms with Gasteiger partial charge in [0, 0.05) is 12.5 Å². The van der Waals surface area contributed by atoms with Crippen LogP contribution in [0.5, 0.6) is 0 Å². The summed E-state index contributed by atoms with van der Waals surface area (Å²) in [5, 5.41) is 9.34. The zero-order valence-corrected chi connectivity index (χ0v) is 14.2. The van der Waals surface area contributed by atoms with E-state index in [-0.39, 0.29) is 18.0 Å². The zero-order valence-electron chi connectivity index (χ0n) is 14.2. The summed E-state index contributed by atoms with van der Waals surface area (Å²) < 4.78 is 27.4. The molecule has 4 nitrogen and oxygen atoms in total. The lowest BCUT2D eigenvalue weighted by molar-refractivity contribution is -0.150. The second kappa shape index (κ2) is 7.23. The predicted octanol–water partition coefficient (Wildman–Crippen LogP) is 3.57. The molecule has 1 aliphatic rings. The van der Waals surface area contributed by atoms with Crippen LogP contribution in [0.1, 0.15) is 30.4 Å². The summed E-state index contributed by atoms with van der Waals surface area (Å²) in [6.07, 6.45) is 0.386. The molecule has 0 radical (unpaired) electrons. The number of hydrogen-bond donors (Lipinski definition) is 1. The van der Waals surface area contributed by atoms with E-state index in [0.717, 1.165) is 11.6 Å². The third-order valence-electron chi connectivity index (χ3n) is 4.79. The van der Waals surface area contributed by atoms with Gasteiger partial charge < -0.3 is 10.0 Å². The molecule has 2 aromatic carbocycles. The maximum absolute atomic E-state index is 14.0. The molecule has 6 heteroatoms. The van der Waals surface area contributed by atoms with Crippen molar-refractivity contribution in [2.24, 2.45) is 5.92 Å². The monoisotopic (exact) mass is 359 g/mol. The van der Waals surface area contributed by atoms with E-state index in [4.69, 9.17) is 0 Å². The average molecular weight is 359 g/mol. The molecule has 1 saturated carbocycles. The molecule has 1 fully saturated rings. The number of rotatable bonds is 6. The predicted molar refractivity (Wildman–Crippen MR) is 91.3 cm³/mol. The number of aliphatic carboxylic acids is 1. The maximum atomic E-state index is 14.0. The molecule has 1 amide bonds. The van der Waals surface area contributed by atoms with Crippen molar-refractivity contribution in [3.8, 4) is 0 Å². The van der Waals surface area contributed by atoms with Crippen LogP contribution >= 0.6 is 0 Å². The highest BCUT2D eigenvalue weighted by atomic mass is 19.2. The number of carbonyl (C=O) groups is 2. The van der Waals surface area contributed by atoms with Crippen LogP contribution in [-0.2, 0) is 16.1 Å². The molecule has 3 atom stereocenters. The van der Waals surface area contributed by atoms with Crippen LogP contribution in [0.3, 0.4) is 0 Å². The Morgan fingerprint density at radius 3 is 2.50 bits per heavy atom. The lowest BCUT2D eigenvalue weighted by atomic mass is 10.1. The molecule has 26 heavy (non-hydrogen) atoms. The van der Waals surface area contributed by atoms with Gasteiger partial charge in [0.05, 0.1) is 0 Å². The number of amides is 1. The molecule has 0 aromatic heterocycles. The van der Waals surface area contributed by atoms with Gasteiger partial charge in [0.15, 0.2) is 11.6 Å². The Bertz CT molecular complexity index is 825. The maximum Gasteiger partial charge on any atom is 0.326 e. The van der Waals surface area contributed by atoms with Gasteiger partial charge in [-0.05, 0) is 36.5 Å². The fourth-order valence-corrected chi connectivity index (χ4v) is 3.15. The van der Waals surface area contributed by atoms with Crippen molar-refractivity contribution in [3.05, 3.63) is 71.3 Å². The van der Waals surface area contributed by atoms with Crippen LogP contribution in [-0.4, -0.2) is 27.9 Å². The standard InChI is InChI=1S/C20H19F2NO3/c1-12(20(25)26)23(11-13-6-3-2-4-7-13)19(24)16-10-15(16)14-8-5-9-17(21)18(14)22/h2-9,12,15-16H,10-11H2,1H3,(H,25,26). The Labute approximate surface area is 150 Å². The van der Waals surface area contributed by atoms with Gasteiger partial charge in [-0.1, -0.05) is 42.5 Å². The highest BCUT2D eigenvalue weighted by Gasteiger charge is 2.48. The smallest absolute Gasteiger partial charge is 0.326 e. The summed E-state index contributed by atoms with van der Waals surface area (Å²) in [4.78, 5) is 25.6. The average Bonchev–Trinajstić information content (AvgIpc) is 3.42. The Hall–Kier alpha value is -2.76. The topological polar surface area (TPSA) is 57.6 Å². The summed E-state index contributed by atoms with van der Waals surface area (Å²) in [6, 6.07) is 12.0. The van der Waals surface area contributed by atoms with Crippen LogP contribution in [0.25, 0.3) is 0 Å². The van der Waals surface area contributed by atoms with E-state index >= 15 is 0 Å². The van der Waals surface area contributed by atoms with Gasteiger partial charge in [0.2, 0.25) is 5.91 Å². The Morgan fingerprint density at radius 1 is 1.15 bits per heavy atom. The number of carboxylic acid groups (broad SMARTS) is 1. The van der Waals surface area contributed by atoms with Gasteiger partial charge in [-0.3, -0.25) is 4.79 Å². The Balaban J connectivity index is 1.80. The van der Waals surface area contributed by atoms with E-state index in [0.29, 0.717) is 6.42 Å². The minimum Gasteiger partial charge on any atom is -0.480 e. The quantitative estimate of drug-likeness (QED) is 0.858. The van der Waals surface area contributed by atoms with Gasteiger partial charge in [0.1, 0.15) is 6.04 Å². The van der Waals surface area contributed by atoms with Crippen molar-refractivity contribution in [1.29, 1.82) is 0 Å². The van der Waals surface area contributed by atoms with E-state index < -0.39 is 35.5 Å². The van der Waals surface area contributed by atoms with E-state index in [1.54, 1.807) is 0 Å². The third kappa shape index (κ3) is 3.59. The number of nitrogens with zero attached hydrogens (tertiary/aromatic N) is 1. The van der Waals surface area contributed by atoms with E-state index in [2.05, 4.69) is 0 Å². The van der Waals surface area contributed by atoms with Crippen molar-refractivity contribution in [2.75, 3.05) is 0 Å². The first-order valence-electron chi connectivity index (χ1n) is 8.41. The van der Waals surface area contributed by atoms with E-state index in [1.165, 1.54) is 24.0 Å². The summed E-state index contributed by atoms with van der Waals surface area (Å²) >= 11 is 0. The molecule has 0 saturated heterocycles. The number of carbonyl (C=O) groups excluding carboxylic acids is 1. The highest BCUT2D eigenvalue weighted by molar-refractivity contribution is 5.87. The molecule has 0 aliphatic heterocycles. The van der Waals surface area contributed by atoms with Gasteiger partial charge >= 0.3 is 5.97 Å².